The number of aromatic nitrogens is 1. The number of carbonyl (C=O) groups excluding carboxylic acids is 1. The number of rotatable bonds is 2. The highest BCUT2D eigenvalue weighted by Gasteiger charge is 2.31. The van der Waals surface area contributed by atoms with Crippen LogP contribution >= 0.6 is 15.9 Å². The van der Waals surface area contributed by atoms with Crippen molar-refractivity contribution in [2.24, 2.45) is 5.92 Å². The molecule has 3 rings (SSSR count). The lowest BCUT2D eigenvalue weighted by Gasteiger charge is -2.19. The van der Waals surface area contributed by atoms with Gasteiger partial charge in [0.2, 0.25) is 5.91 Å². The first-order valence-electron chi connectivity index (χ1n) is 6.14. The van der Waals surface area contributed by atoms with Gasteiger partial charge in [-0.25, -0.2) is 0 Å². The van der Waals surface area contributed by atoms with E-state index in [1.165, 1.54) is 0 Å². The predicted molar refractivity (Wildman–Crippen MR) is 77.0 cm³/mol. The zero-order valence-electron chi connectivity index (χ0n) is 10.2. The number of fused-ring (bicyclic) bond motifs is 1. The van der Waals surface area contributed by atoms with Crippen LogP contribution < -0.4 is 4.90 Å². The Morgan fingerprint density at radius 1 is 1.37 bits per heavy atom. The average molecular weight is 321 g/mol. The van der Waals surface area contributed by atoms with Crippen LogP contribution in [0.4, 0.5) is 5.69 Å². The Kier molecular flexibility index (Phi) is 3.24. The standard InChI is InChI=1S/C14H13BrN2O2/c15-12-1-2-13(11-6-16-4-3-10(11)12)17-7-9(8-18)5-14(17)19/h1-4,6,9,18H,5,7-8H2. The van der Waals surface area contributed by atoms with E-state index >= 15 is 0 Å². The highest BCUT2D eigenvalue weighted by Crippen LogP contribution is 2.34. The first-order valence-corrected chi connectivity index (χ1v) is 6.93. The van der Waals surface area contributed by atoms with Crippen molar-refractivity contribution >= 4 is 38.3 Å². The summed E-state index contributed by atoms with van der Waals surface area (Å²) in [7, 11) is 0. The second kappa shape index (κ2) is 4.90. The molecule has 5 heteroatoms. The number of aliphatic hydroxyl groups is 1. The van der Waals surface area contributed by atoms with Gasteiger partial charge in [-0.3, -0.25) is 9.78 Å². The zero-order valence-corrected chi connectivity index (χ0v) is 11.8. The second-order valence-corrected chi connectivity index (χ2v) is 5.60. The maximum absolute atomic E-state index is 12.1. The van der Waals surface area contributed by atoms with Crippen molar-refractivity contribution in [1.82, 2.24) is 4.98 Å². The van der Waals surface area contributed by atoms with Gasteiger partial charge in [-0.1, -0.05) is 15.9 Å². The van der Waals surface area contributed by atoms with Crippen LogP contribution in [0.5, 0.6) is 0 Å². The molecule has 1 N–H and O–H groups in total. The number of carbonyl (C=O) groups is 1. The summed E-state index contributed by atoms with van der Waals surface area (Å²) in [6.45, 7) is 0.621. The molecule has 4 nitrogen and oxygen atoms in total. The Labute approximate surface area is 119 Å². The van der Waals surface area contributed by atoms with Gasteiger partial charge in [-0.05, 0) is 18.2 Å². The summed E-state index contributed by atoms with van der Waals surface area (Å²) in [5.41, 5.74) is 0.868. The van der Waals surface area contributed by atoms with Crippen molar-refractivity contribution < 1.29 is 9.90 Å². The number of pyridine rings is 1. The van der Waals surface area contributed by atoms with E-state index in [1.54, 1.807) is 17.3 Å². The molecule has 0 aliphatic carbocycles. The van der Waals surface area contributed by atoms with Crippen molar-refractivity contribution in [3.05, 3.63) is 35.1 Å². The topological polar surface area (TPSA) is 53.4 Å². The molecule has 0 bridgehead atoms. The maximum atomic E-state index is 12.1. The molecule has 2 heterocycles. The van der Waals surface area contributed by atoms with Crippen LogP contribution in [0.2, 0.25) is 0 Å². The number of benzene rings is 1. The molecule has 1 aliphatic rings. The lowest BCUT2D eigenvalue weighted by molar-refractivity contribution is -0.117. The lowest BCUT2D eigenvalue weighted by Crippen LogP contribution is -2.25. The molecule has 1 aromatic heterocycles. The Hall–Kier alpha value is -1.46. The van der Waals surface area contributed by atoms with Crippen molar-refractivity contribution in [3.8, 4) is 0 Å². The SMILES string of the molecule is O=C1CC(CO)CN1c1ccc(Br)c2ccncc12. The van der Waals surface area contributed by atoms with Crippen molar-refractivity contribution in [2.45, 2.75) is 6.42 Å². The number of nitrogens with zero attached hydrogens (tertiary/aromatic N) is 2. The van der Waals surface area contributed by atoms with Crippen molar-refractivity contribution in [2.75, 3.05) is 18.1 Å². The number of amides is 1. The molecule has 1 unspecified atom stereocenters. The van der Waals surface area contributed by atoms with E-state index in [0.717, 1.165) is 20.9 Å². The summed E-state index contributed by atoms with van der Waals surface area (Å²) in [5.74, 6) is 0.0920. The highest BCUT2D eigenvalue weighted by molar-refractivity contribution is 9.10. The lowest BCUT2D eigenvalue weighted by atomic mass is 10.1. The largest absolute Gasteiger partial charge is 0.396 e. The summed E-state index contributed by atoms with van der Waals surface area (Å²) >= 11 is 3.51. The van der Waals surface area contributed by atoms with Gasteiger partial charge < -0.3 is 10.0 Å². The minimum Gasteiger partial charge on any atom is -0.396 e. The minimum absolute atomic E-state index is 0.0304. The number of anilines is 1. The van der Waals surface area contributed by atoms with Crippen LogP contribution in [0.1, 0.15) is 6.42 Å². The molecule has 0 radical (unpaired) electrons. The molecule has 98 valence electrons. The highest BCUT2D eigenvalue weighted by atomic mass is 79.9. The minimum atomic E-state index is 0.0304. The van der Waals surface area contributed by atoms with Crippen LogP contribution in [0.3, 0.4) is 0 Å². The number of aliphatic hydroxyl groups excluding tert-OH is 1. The van der Waals surface area contributed by atoms with E-state index in [9.17, 15) is 9.90 Å². The molecule has 2 aromatic rings. The predicted octanol–water partition coefficient (Wildman–Crippen LogP) is 2.34. The summed E-state index contributed by atoms with van der Waals surface area (Å²) < 4.78 is 0.985. The first kappa shape index (κ1) is 12.6. The monoisotopic (exact) mass is 320 g/mol. The van der Waals surface area contributed by atoms with Gasteiger partial charge in [0.25, 0.3) is 0 Å². The Bertz CT molecular complexity index is 644. The third kappa shape index (κ3) is 2.13. The van der Waals surface area contributed by atoms with Crippen LogP contribution in [-0.4, -0.2) is 29.1 Å². The van der Waals surface area contributed by atoms with Gasteiger partial charge in [0.15, 0.2) is 0 Å². The summed E-state index contributed by atoms with van der Waals surface area (Å²) in [5, 5.41) is 11.2. The molecular formula is C14H13BrN2O2. The Balaban J connectivity index is 2.11. The molecular weight excluding hydrogens is 308 g/mol. The van der Waals surface area contributed by atoms with E-state index in [-0.39, 0.29) is 18.4 Å². The second-order valence-electron chi connectivity index (χ2n) is 4.74. The first-order chi connectivity index (χ1) is 9.20. The van der Waals surface area contributed by atoms with E-state index in [1.807, 2.05) is 18.2 Å². The number of hydrogen-bond donors (Lipinski definition) is 1. The summed E-state index contributed by atoms with van der Waals surface area (Å²) in [6.07, 6.45) is 3.92. The van der Waals surface area contributed by atoms with Gasteiger partial charge >= 0.3 is 0 Å². The van der Waals surface area contributed by atoms with Crippen molar-refractivity contribution in [1.29, 1.82) is 0 Å². The van der Waals surface area contributed by atoms with Crippen LogP contribution in [0, 0.1) is 5.92 Å². The van der Waals surface area contributed by atoms with E-state index < -0.39 is 0 Å². The molecule has 1 fully saturated rings. The fraction of sp³-hybridized carbons (Fsp3) is 0.286. The Morgan fingerprint density at radius 2 is 2.21 bits per heavy atom. The third-order valence-electron chi connectivity index (χ3n) is 3.50. The normalized spacial score (nSPS) is 19.4. The Morgan fingerprint density at radius 3 is 2.95 bits per heavy atom. The quantitative estimate of drug-likeness (QED) is 0.924. The van der Waals surface area contributed by atoms with Gasteiger partial charge in [0, 0.05) is 53.1 Å². The zero-order chi connectivity index (χ0) is 13.4. The molecule has 19 heavy (non-hydrogen) atoms. The van der Waals surface area contributed by atoms with E-state index in [4.69, 9.17) is 0 Å². The maximum Gasteiger partial charge on any atom is 0.227 e. The molecule has 1 atom stereocenters. The molecule has 0 saturated carbocycles. The number of halogens is 1. The van der Waals surface area contributed by atoms with E-state index in [0.29, 0.717) is 13.0 Å². The fourth-order valence-electron chi connectivity index (χ4n) is 2.51. The molecule has 1 aromatic carbocycles. The number of hydrogen-bond acceptors (Lipinski definition) is 3. The molecule has 1 aliphatic heterocycles. The fourth-order valence-corrected chi connectivity index (χ4v) is 2.99. The molecule has 1 amide bonds. The molecule has 1 saturated heterocycles. The third-order valence-corrected chi connectivity index (χ3v) is 4.19. The van der Waals surface area contributed by atoms with Gasteiger partial charge in [-0.15, -0.1) is 0 Å². The van der Waals surface area contributed by atoms with Gasteiger partial charge in [-0.2, -0.15) is 0 Å². The van der Waals surface area contributed by atoms with Gasteiger partial charge in [0.1, 0.15) is 0 Å². The van der Waals surface area contributed by atoms with Crippen molar-refractivity contribution in [3.63, 3.8) is 0 Å². The van der Waals surface area contributed by atoms with Crippen LogP contribution in [0.15, 0.2) is 35.1 Å². The van der Waals surface area contributed by atoms with Crippen LogP contribution in [0.25, 0.3) is 10.8 Å². The molecule has 0 spiro atoms. The smallest absolute Gasteiger partial charge is 0.227 e. The van der Waals surface area contributed by atoms with E-state index in [2.05, 4.69) is 20.9 Å². The summed E-state index contributed by atoms with van der Waals surface area (Å²) in [4.78, 5) is 17.9. The average Bonchev–Trinajstić information content (AvgIpc) is 2.81. The summed E-state index contributed by atoms with van der Waals surface area (Å²) in [6, 6.07) is 5.79. The van der Waals surface area contributed by atoms with Gasteiger partial charge in [0.05, 0.1) is 5.69 Å². The van der Waals surface area contributed by atoms with Crippen LogP contribution in [-0.2, 0) is 4.79 Å².